The summed E-state index contributed by atoms with van der Waals surface area (Å²) in [6.45, 7) is 0. The first kappa shape index (κ1) is 17.8. The molecule has 0 fully saturated rings. The van der Waals surface area contributed by atoms with Crippen LogP contribution in [0.15, 0.2) is 52.0 Å². The van der Waals surface area contributed by atoms with Gasteiger partial charge in [-0.1, -0.05) is 18.2 Å². The Hall–Kier alpha value is -2.58. The highest BCUT2D eigenvalue weighted by atomic mass is 79.9. The summed E-state index contributed by atoms with van der Waals surface area (Å²) in [5.74, 6) is -1.63. The molecule has 0 saturated heterocycles. The smallest absolute Gasteiger partial charge is 0.274 e. The third-order valence-electron chi connectivity index (χ3n) is 3.13. The fraction of sp³-hybridized carbons (Fsp3) is 0.0625. The van der Waals surface area contributed by atoms with Gasteiger partial charge in [-0.25, -0.2) is 14.9 Å². The van der Waals surface area contributed by atoms with Crippen LogP contribution in [0.3, 0.4) is 0 Å². The lowest BCUT2D eigenvalue weighted by molar-refractivity contribution is 0.0706. The molecule has 0 radical (unpaired) electrons. The van der Waals surface area contributed by atoms with E-state index < -0.39 is 17.6 Å². The van der Waals surface area contributed by atoms with E-state index >= 15 is 0 Å². The van der Waals surface area contributed by atoms with Crippen molar-refractivity contribution in [2.45, 2.75) is 0 Å². The van der Waals surface area contributed by atoms with Gasteiger partial charge < -0.3 is 0 Å². The van der Waals surface area contributed by atoms with Crippen molar-refractivity contribution in [3.05, 3.63) is 69.4 Å². The minimum atomic E-state index is -0.623. The Morgan fingerprint density at radius 2 is 1.92 bits per heavy atom. The molecule has 124 valence electrons. The topological polar surface area (TPSA) is 82.0 Å². The number of rotatable bonds is 4. The summed E-state index contributed by atoms with van der Waals surface area (Å²) in [6.07, 6.45) is 1.42. The van der Waals surface area contributed by atoms with Crippen molar-refractivity contribution in [3.8, 4) is 0 Å². The number of halogens is 2. The molecular weight excluding hydrogens is 381 g/mol. The molecule has 6 nitrogen and oxygen atoms in total. The third-order valence-corrected chi connectivity index (χ3v) is 3.94. The molecule has 2 N–H and O–H groups in total. The monoisotopic (exact) mass is 393 g/mol. The van der Waals surface area contributed by atoms with Gasteiger partial charge >= 0.3 is 0 Å². The van der Waals surface area contributed by atoms with Gasteiger partial charge in [0, 0.05) is 12.6 Å². The standard InChI is InChI=1S/C16H13BrFN3O3/c1-21(16(23)12-3-2-4-13(18)14(12)17)19-9-10-5-7-11(8-6-10)15(22)20-24/h2-9,24H,1H3,(H,20,22). The summed E-state index contributed by atoms with van der Waals surface area (Å²) < 4.78 is 13.6. The molecule has 0 saturated carbocycles. The maximum absolute atomic E-state index is 13.5. The second-order valence-corrected chi connectivity index (χ2v) is 5.53. The van der Waals surface area contributed by atoms with E-state index in [-0.39, 0.29) is 15.6 Å². The fourth-order valence-corrected chi connectivity index (χ4v) is 2.27. The van der Waals surface area contributed by atoms with Crippen LogP contribution in [-0.4, -0.2) is 35.3 Å². The lowest BCUT2D eigenvalue weighted by atomic mass is 10.1. The summed E-state index contributed by atoms with van der Waals surface area (Å²) in [7, 11) is 1.45. The highest BCUT2D eigenvalue weighted by Crippen LogP contribution is 2.21. The quantitative estimate of drug-likeness (QED) is 0.476. The first-order valence-corrected chi connectivity index (χ1v) is 7.54. The van der Waals surface area contributed by atoms with Crippen molar-refractivity contribution in [1.82, 2.24) is 10.5 Å². The van der Waals surface area contributed by atoms with Crippen molar-refractivity contribution >= 4 is 34.0 Å². The summed E-state index contributed by atoms with van der Waals surface area (Å²) in [5.41, 5.74) is 2.61. The molecule has 0 bridgehead atoms. The van der Waals surface area contributed by atoms with E-state index in [1.807, 2.05) is 0 Å². The Bertz CT molecular complexity index is 794. The van der Waals surface area contributed by atoms with Gasteiger partial charge in [0.05, 0.1) is 16.3 Å². The number of carbonyl (C=O) groups excluding carboxylic acids is 2. The van der Waals surface area contributed by atoms with E-state index in [0.717, 1.165) is 5.01 Å². The lowest BCUT2D eigenvalue weighted by Crippen LogP contribution is -2.22. The number of hydrogen-bond acceptors (Lipinski definition) is 4. The van der Waals surface area contributed by atoms with Gasteiger partial charge in [-0.2, -0.15) is 5.10 Å². The molecule has 0 aliphatic heterocycles. The maximum atomic E-state index is 13.5. The number of amides is 2. The first-order chi connectivity index (χ1) is 11.4. The molecule has 2 aromatic rings. The van der Waals surface area contributed by atoms with Gasteiger partial charge in [0.2, 0.25) is 0 Å². The maximum Gasteiger partial charge on any atom is 0.274 e. The Balaban J connectivity index is 2.12. The number of hydrazone groups is 1. The van der Waals surface area contributed by atoms with Crippen LogP contribution in [0.25, 0.3) is 0 Å². The van der Waals surface area contributed by atoms with Crippen molar-refractivity contribution in [1.29, 1.82) is 0 Å². The fourth-order valence-electron chi connectivity index (χ4n) is 1.83. The van der Waals surface area contributed by atoms with E-state index in [4.69, 9.17) is 5.21 Å². The average molecular weight is 394 g/mol. The van der Waals surface area contributed by atoms with Crippen molar-refractivity contribution in [3.63, 3.8) is 0 Å². The van der Waals surface area contributed by atoms with Crippen LogP contribution in [0.1, 0.15) is 26.3 Å². The highest BCUT2D eigenvalue weighted by molar-refractivity contribution is 9.10. The van der Waals surface area contributed by atoms with Gasteiger partial charge in [-0.15, -0.1) is 0 Å². The van der Waals surface area contributed by atoms with Crippen molar-refractivity contribution < 1.29 is 19.2 Å². The number of hydroxylamine groups is 1. The zero-order valence-electron chi connectivity index (χ0n) is 12.5. The number of carbonyl (C=O) groups is 2. The molecule has 0 heterocycles. The van der Waals surface area contributed by atoms with Gasteiger partial charge in [-0.05, 0) is 45.8 Å². The second-order valence-electron chi connectivity index (χ2n) is 4.74. The number of benzene rings is 2. The minimum absolute atomic E-state index is 0.0800. The molecule has 2 aromatic carbocycles. The van der Waals surface area contributed by atoms with Crippen LogP contribution in [0, 0.1) is 5.82 Å². The molecule has 0 aliphatic rings. The number of nitrogens with zero attached hydrogens (tertiary/aromatic N) is 2. The molecule has 0 aromatic heterocycles. The second kappa shape index (κ2) is 7.80. The van der Waals surface area contributed by atoms with Crippen LogP contribution < -0.4 is 5.48 Å². The Labute approximate surface area is 145 Å². The van der Waals surface area contributed by atoms with Crippen LogP contribution >= 0.6 is 15.9 Å². The van der Waals surface area contributed by atoms with Gasteiger partial charge in [0.15, 0.2) is 0 Å². The Morgan fingerprint density at radius 3 is 2.54 bits per heavy atom. The van der Waals surface area contributed by atoms with Gasteiger partial charge in [-0.3, -0.25) is 14.8 Å². The molecular formula is C16H13BrFN3O3. The predicted octanol–water partition coefficient (Wildman–Crippen LogP) is 2.81. The van der Waals surface area contributed by atoms with E-state index in [1.54, 1.807) is 12.1 Å². The Kier molecular flexibility index (Phi) is 5.78. The van der Waals surface area contributed by atoms with Crippen molar-refractivity contribution in [2.24, 2.45) is 5.10 Å². The molecule has 0 unspecified atom stereocenters. The highest BCUT2D eigenvalue weighted by Gasteiger charge is 2.16. The average Bonchev–Trinajstić information content (AvgIpc) is 2.61. The predicted molar refractivity (Wildman–Crippen MR) is 89.5 cm³/mol. The number of nitrogens with one attached hydrogen (secondary N) is 1. The van der Waals surface area contributed by atoms with Crippen LogP contribution in [-0.2, 0) is 0 Å². The zero-order valence-corrected chi connectivity index (χ0v) is 14.1. The Morgan fingerprint density at radius 1 is 1.25 bits per heavy atom. The minimum Gasteiger partial charge on any atom is -0.288 e. The lowest BCUT2D eigenvalue weighted by Gasteiger charge is -2.12. The molecule has 24 heavy (non-hydrogen) atoms. The van der Waals surface area contributed by atoms with Crippen LogP contribution in [0.4, 0.5) is 4.39 Å². The summed E-state index contributed by atoms with van der Waals surface area (Å²) in [6, 6.07) is 10.4. The molecule has 2 rings (SSSR count). The molecule has 0 aliphatic carbocycles. The molecule has 0 atom stereocenters. The van der Waals surface area contributed by atoms with E-state index in [9.17, 15) is 14.0 Å². The SMILES string of the molecule is CN(N=Cc1ccc(C(=O)NO)cc1)C(=O)c1cccc(F)c1Br. The molecule has 8 heteroatoms. The summed E-state index contributed by atoms with van der Waals surface area (Å²) >= 11 is 3.04. The largest absolute Gasteiger partial charge is 0.288 e. The number of hydrogen-bond donors (Lipinski definition) is 2. The van der Waals surface area contributed by atoms with Crippen LogP contribution in [0.5, 0.6) is 0 Å². The zero-order chi connectivity index (χ0) is 17.7. The van der Waals surface area contributed by atoms with E-state index in [0.29, 0.717) is 5.56 Å². The normalized spacial score (nSPS) is 10.7. The molecule has 0 spiro atoms. The summed E-state index contributed by atoms with van der Waals surface area (Å²) in [5, 5.41) is 13.6. The van der Waals surface area contributed by atoms with E-state index in [2.05, 4.69) is 21.0 Å². The van der Waals surface area contributed by atoms with Crippen LogP contribution in [0.2, 0.25) is 0 Å². The van der Waals surface area contributed by atoms with Gasteiger partial charge in [0.25, 0.3) is 11.8 Å². The summed E-state index contributed by atoms with van der Waals surface area (Å²) in [4.78, 5) is 23.5. The molecule has 2 amide bonds. The first-order valence-electron chi connectivity index (χ1n) is 6.74. The third kappa shape index (κ3) is 4.03. The van der Waals surface area contributed by atoms with E-state index in [1.165, 1.54) is 49.1 Å². The van der Waals surface area contributed by atoms with Gasteiger partial charge in [0.1, 0.15) is 5.82 Å². The van der Waals surface area contributed by atoms with Crippen molar-refractivity contribution in [2.75, 3.05) is 7.05 Å².